The van der Waals surface area contributed by atoms with Crippen LogP contribution in [0.5, 0.6) is 11.5 Å². The quantitative estimate of drug-likeness (QED) is 0.354. The predicted octanol–water partition coefficient (Wildman–Crippen LogP) is 5.69. The van der Waals surface area contributed by atoms with Gasteiger partial charge in [0, 0.05) is 20.4 Å². The molecule has 1 N–H and O–H groups in total. The number of aliphatic carboxylic acids is 1. The van der Waals surface area contributed by atoms with Crippen LogP contribution in [-0.2, 0) is 27.8 Å². The molecule has 1 aliphatic heterocycles. The molecule has 0 bridgehead atoms. The van der Waals surface area contributed by atoms with Gasteiger partial charge in [0.1, 0.15) is 23.6 Å². The second kappa shape index (κ2) is 10.9. The van der Waals surface area contributed by atoms with Crippen molar-refractivity contribution in [2.24, 2.45) is 0 Å². The highest BCUT2D eigenvalue weighted by Crippen LogP contribution is 2.35. The Labute approximate surface area is 233 Å². The minimum Gasteiger partial charge on any atom is -0.488 e. The molecule has 0 radical (unpaired) electrons. The number of carboxylic acids is 1. The number of aryl methyl sites for hydroxylation is 1. The summed E-state index contributed by atoms with van der Waals surface area (Å²) in [7, 11) is -4.23. The Morgan fingerprint density at radius 1 is 1.15 bits per heavy atom. The SMILES string of the molecule is CC(C)(F)Oc1cccc(-c2cc(C#N)cc(CN(CC(=O)O)S(=O)(=O)c3ccc4c(c3)CCC(C)(C)O4)c2)c1. The molecule has 210 valence electrons. The zero-order valence-corrected chi connectivity index (χ0v) is 23.6. The van der Waals surface area contributed by atoms with Crippen LogP contribution < -0.4 is 9.47 Å². The number of nitrogens with zero attached hydrogens (tertiary/aromatic N) is 2. The summed E-state index contributed by atoms with van der Waals surface area (Å²) < 4.78 is 53.5. The molecule has 3 aromatic rings. The van der Waals surface area contributed by atoms with Crippen molar-refractivity contribution in [1.29, 1.82) is 5.26 Å². The number of carboxylic acid groups (broad SMARTS) is 1. The first-order valence-corrected chi connectivity index (χ1v) is 14.2. The Morgan fingerprint density at radius 2 is 1.90 bits per heavy atom. The van der Waals surface area contributed by atoms with E-state index in [2.05, 4.69) is 6.07 Å². The molecule has 0 aromatic heterocycles. The largest absolute Gasteiger partial charge is 0.488 e. The fraction of sp³-hybridized carbons (Fsp3) is 0.333. The Kier molecular flexibility index (Phi) is 7.92. The molecule has 0 saturated heterocycles. The van der Waals surface area contributed by atoms with E-state index in [1.807, 2.05) is 13.8 Å². The molecule has 3 aromatic carbocycles. The maximum atomic E-state index is 14.0. The molecule has 40 heavy (non-hydrogen) atoms. The lowest BCUT2D eigenvalue weighted by atomic mass is 9.94. The number of carbonyl (C=O) groups is 1. The highest BCUT2D eigenvalue weighted by Gasteiger charge is 2.31. The molecule has 0 atom stereocenters. The van der Waals surface area contributed by atoms with Gasteiger partial charge in [-0.2, -0.15) is 14.0 Å². The first kappa shape index (κ1) is 29.1. The van der Waals surface area contributed by atoms with Gasteiger partial charge in [-0.3, -0.25) is 4.79 Å². The van der Waals surface area contributed by atoms with E-state index in [1.54, 1.807) is 42.5 Å². The van der Waals surface area contributed by atoms with Crippen LogP contribution in [-0.4, -0.2) is 41.8 Å². The number of halogens is 1. The average molecular weight is 567 g/mol. The van der Waals surface area contributed by atoms with Gasteiger partial charge < -0.3 is 14.6 Å². The third-order valence-corrected chi connectivity index (χ3v) is 8.16. The molecule has 0 fully saturated rings. The van der Waals surface area contributed by atoms with Crippen LogP contribution in [0.3, 0.4) is 0 Å². The number of alkyl halides is 1. The minimum atomic E-state index is -4.23. The van der Waals surface area contributed by atoms with E-state index < -0.39 is 28.4 Å². The summed E-state index contributed by atoms with van der Waals surface area (Å²) in [5, 5.41) is 19.2. The summed E-state index contributed by atoms with van der Waals surface area (Å²) in [6.07, 6.45) is 1.34. The van der Waals surface area contributed by atoms with Gasteiger partial charge in [-0.15, -0.1) is 0 Å². The van der Waals surface area contributed by atoms with Gasteiger partial charge in [0.2, 0.25) is 15.9 Å². The van der Waals surface area contributed by atoms with E-state index in [0.717, 1.165) is 9.87 Å². The van der Waals surface area contributed by atoms with Crippen LogP contribution in [0.1, 0.15) is 50.8 Å². The summed E-state index contributed by atoms with van der Waals surface area (Å²) in [5.74, 6) is -2.33. The van der Waals surface area contributed by atoms with Crippen molar-refractivity contribution in [3.05, 3.63) is 77.4 Å². The van der Waals surface area contributed by atoms with E-state index in [-0.39, 0.29) is 28.4 Å². The molecule has 0 unspecified atom stereocenters. The predicted molar refractivity (Wildman–Crippen MR) is 147 cm³/mol. The highest BCUT2D eigenvalue weighted by molar-refractivity contribution is 7.89. The van der Waals surface area contributed by atoms with Gasteiger partial charge in [-0.05, 0) is 97.5 Å². The molecular weight excluding hydrogens is 535 g/mol. The number of fused-ring (bicyclic) bond motifs is 1. The van der Waals surface area contributed by atoms with Crippen molar-refractivity contribution in [2.75, 3.05) is 6.54 Å². The molecule has 0 amide bonds. The Balaban J connectivity index is 1.69. The van der Waals surface area contributed by atoms with E-state index in [0.29, 0.717) is 35.3 Å². The van der Waals surface area contributed by atoms with Gasteiger partial charge in [0.05, 0.1) is 16.5 Å². The van der Waals surface area contributed by atoms with Crippen LogP contribution in [0.15, 0.2) is 65.6 Å². The van der Waals surface area contributed by atoms with Gasteiger partial charge in [-0.25, -0.2) is 8.42 Å². The van der Waals surface area contributed by atoms with E-state index >= 15 is 0 Å². The number of sulfonamides is 1. The lowest BCUT2D eigenvalue weighted by molar-refractivity contribution is -0.137. The van der Waals surface area contributed by atoms with E-state index in [4.69, 9.17) is 9.47 Å². The molecule has 10 heteroatoms. The van der Waals surface area contributed by atoms with Crippen molar-refractivity contribution < 1.29 is 32.2 Å². The van der Waals surface area contributed by atoms with Crippen molar-refractivity contribution in [3.63, 3.8) is 0 Å². The number of benzene rings is 3. The van der Waals surface area contributed by atoms with Crippen molar-refractivity contribution in [2.45, 2.75) is 63.4 Å². The highest BCUT2D eigenvalue weighted by atomic mass is 32.2. The molecule has 1 heterocycles. The number of hydrogen-bond donors (Lipinski definition) is 1. The molecule has 8 nitrogen and oxygen atoms in total. The molecule has 0 spiro atoms. The lowest BCUT2D eigenvalue weighted by Gasteiger charge is -2.33. The summed E-state index contributed by atoms with van der Waals surface area (Å²) in [4.78, 5) is 11.7. The third kappa shape index (κ3) is 6.97. The van der Waals surface area contributed by atoms with Crippen molar-refractivity contribution in [1.82, 2.24) is 4.31 Å². The van der Waals surface area contributed by atoms with Gasteiger partial charge in [0.25, 0.3) is 0 Å². The summed E-state index contributed by atoms with van der Waals surface area (Å²) in [6, 6.07) is 18.1. The Bertz CT molecular complexity index is 1590. The van der Waals surface area contributed by atoms with Crippen molar-refractivity contribution in [3.8, 4) is 28.7 Å². The van der Waals surface area contributed by atoms with E-state index in [9.17, 15) is 28.0 Å². The third-order valence-electron chi connectivity index (χ3n) is 6.37. The fourth-order valence-corrected chi connectivity index (χ4v) is 5.99. The van der Waals surface area contributed by atoms with Crippen LogP contribution in [0.4, 0.5) is 4.39 Å². The zero-order chi connectivity index (χ0) is 29.3. The van der Waals surface area contributed by atoms with Crippen molar-refractivity contribution >= 4 is 16.0 Å². The van der Waals surface area contributed by atoms with Crippen LogP contribution in [0, 0.1) is 11.3 Å². The van der Waals surface area contributed by atoms with Gasteiger partial charge in [0.15, 0.2) is 0 Å². The lowest BCUT2D eigenvalue weighted by Crippen LogP contribution is -2.36. The standard InChI is InChI=1S/C30H31FN2O6S/c1-29(2)11-10-23-16-26(8-9-27(23)39-29)40(36,37)33(19-28(34)35)18-21-12-20(17-32)13-24(14-21)22-6-5-7-25(15-22)38-30(3,4)31/h5-9,12-16H,10-11,18-19H2,1-4H3,(H,34,35). The first-order chi connectivity index (χ1) is 18.6. The maximum absolute atomic E-state index is 14.0. The summed E-state index contributed by atoms with van der Waals surface area (Å²) in [6.45, 7) is 5.42. The zero-order valence-electron chi connectivity index (χ0n) is 22.8. The number of ether oxygens (including phenoxy) is 2. The van der Waals surface area contributed by atoms with Gasteiger partial charge in [-0.1, -0.05) is 12.1 Å². The number of hydrogen-bond acceptors (Lipinski definition) is 6. The number of rotatable bonds is 9. The van der Waals surface area contributed by atoms with Crippen LogP contribution in [0.2, 0.25) is 0 Å². The smallest absolute Gasteiger partial charge is 0.318 e. The van der Waals surface area contributed by atoms with Crippen LogP contribution in [0.25, 0.3) is 11.1 Å². The first-order valence-electron chi connectivity index (χ1n) is 12.7. The summed E-state index contributed by atoms with van der Waals surface area (Å²) >= 11 is 0. The summed E-state index contributed by atoms with van der Waals surface area (Å²) in [5.41, 5.74) is 2.23. The number of nitriles is 1. The maximum Gasteiger partial charge on any atom is 0.318 e. The van der Waals surface area contributed by atoms with E-state index in [1.165, 1.54) is 32.0 Å². The minimum absolute atomic E-state index is 0.0360. The molecule has 0 aliphatic carbocycles. The molecule has 4 rings (SSSR count). The Hall–Kier alpha value is -3.94. The second-order valence-electron chi connectivity index (χ2n) is 10.8. The normalized spacial score (nSPS) is 14.6. The monoisotopic (exact) mass is 566 g/mol. The molecular formula is C30H31FN2O6S. The van der Waals surface area contributed by atoms with Gasteiger partial charge >= 0.3 is 5.97 Å². The molecule has 0 saturated carbocycles. The topological polar surface area (TPSA) is 117 Å². The average Bonchev–Trinajstić information content (AvgIpc) is 2.86. The Morgan fingerprint density at radius 3 is 2.58 bits per heavy atom. The molecule has 1 aliphatic rings. The second-order valence-corrected chi connectivity index (χ2v) is 12.8. The van der Waals surface area contributed by atoms with Crippen LogP contribution >= 0.6 is 0 Å². The fourth-order valence-electron chi connectivity index (χ4n) is 4.56.